The first-order valence-electron chi connectivity index (χ1n) is 9.28. The fourth-order valence-corrected chi connectivity index (χ4v) is 3.92. The van der Waals surface area contributed by atoms with E-state index in [1.165, 1.54) is 12.8 Å². The summed E-state index contributed by atoms with van der Waals surface area (Å²) in [6, 6.07) is 9.78. The number of carbonyl (C=O) groups is 1. The third-order valence-electron chi connectivity index (χ3n) is 5.23. The van der Waals surface area contributed by atoms with Gasteiger partial charge in [0.1, 0.15) is 11.6 Å². The van der Waals surface area contributed by atoms with Crippen molar-refractivity contribution in [1.82, 2.24) is 20.1 Å². The number of amides is 1. The predicted molar refractivity (Wildman–Crippen MR) is 96.3 cm³/mol. The first-order chi connectivity index (χ1) is 12.2. The van der Waals surface area contributed by atoms with Gasteiger partial charge in [-0.25, -0.2) is 0 Å². The van der Waals surface area contributed by atoms with Gasteiger partial charge in [0.15, 0.2) is 0 Å². The molecular formula is C19H25N5O. The van der Waals surface area contributed by atoms with Gasteiger partial charge in [0, 0.05) is 25.2 Å². The lowest BCUT2D eigenvalue weighted by Gasteiger charge is -2.34. The Bertz CT molecular complexity index is 742. The van der Waals surface area contributed by atoms with Crippen LogP contribution in [0.25, 0.3) is 0 Å². The molecule has 132 valence electrons. The number of piperidine rings is 1. The molecule has 0 radical (unpaired) electrons. The van der Waals surface area contributed by atoms with Crippen LogP contribution in [0.2, 0.25) is 0 Å². The lowest BCUT2D eigenvalue weighted by molar-refractivity contribution is -0.122. The molecule has 2 aromatic rings. The van der Waals surface area contributed by atoms with Gasteiger partial charge in [0.25, 0.3) is 0 Å². The van der Waals surface area contributed by atoms with Crippen molar-refractivity contribution in [2.24, 2.45) is 0 Å². The van der Waals surface area contributed by atoms with E-state index in [0.29, 0.717) is 0 Å². The quantitative estimate of drug-likeness (QED) is 0.929. The number of nitrogens with zero attached hydrogens (tertiary/aromatic N) is 4. The second-order valence-corrected chi connectivity index (χ2v) is 6.99. The number of anilines is 1. The number of hydrogen-bond acceptors (Lipinski definition) is 4. The second kappa shape index (κ2) is 6.96. The van der Waals surface area contributed by atoms with Gasteiger partial charge in [-0.3, -0.25) is 10.1 Å². The number of benzene rings is 1. The molecule has 1 aromatic heterocycles. The molecule has 0 bridgehead atoms. The number of hydrogen-bond donors (Lipinski definition) is 1. The Morgan fingerprint density at radius 1 is 1.12 bits per heavy atom. The minimum Gasteiger partial charge on any atom is -0.314 e. The highest BCUT2D eigenvalue weighted by Gasteiger charge is 2.32. The average molecular weight is 339 g/mol. The van der Waals surface area contributed by atoms with Crippen LogP contribution in [-0.4, -0.2) is 33.3 Å². The van der Waals surface area contributed by atoms with Crippen LogP contribution in [0.15, 0.2) is 30.3 Å². The van der Waals surface area contributed by atoms with E-state index in [2.05, 4.69) is 27.0 Å². The molecular weight excluding hydrogens is 314 g/mol. The molecule has 25 heavy (non-hydrogen) atoms. The average Bonchev–Trinajstić information content (AvgIpc) is 3.08. The Kier molecular flexibility index (Phi) is 4.53. The van der Waals surface area contributed by atoms with Crippen molar-refractivity contribution >= 4 is 11.6 Å². The molecule has 2 aliphatic heterocycles. The zero-order valence-corrected chi connectivity index (χ0v) is 14.7. The van der Waals surface area contributed by atoms with Gasteiger partial charge in [-0.15, -0.1) is 10.2 Å². The maximum Gasteiger partial charge on any atom is 0.244 e. The van der Waals surface area contributed by atoms with Gasteiger partial charge < -0.3 is 9.47 Å². The fourth-order valence-electron chi connectivity index (χ4n) is 3.92. The summed E-state index contributed by atoms with van der Waals surface area (Å²) >= 11 is 0. The molecule has 2 atom stereocenters. The Hall–Kier alpha value is -2.21. The maximum absolute atomic E-state index is 12.9. The van der Waals surface area contributed by atoms with Crippen molar-refractivity contribution in [2.75, 3.05) is 11.4 Å². The summed E-state index contributed by atoms with van der Waals surface area (Å²) in [5.74, 6) is 2.19. The molecule has 6 nitrogen and oxygen atoms in total. The van der Waals surface area contributed by atoms with Crippen molar-refractivity contribution in [2.45, 2.75) is 57.7 Å². The molecule has 6 heteroatoms. The minimum atomic E-state index is -0.166. The van der Waals surface area contributed by atoms with E-state index in [-0.39, 0.29) is 18.0 Å². The largest absolute Gasteiger partial charge is 0.314 e. The summed E-state index contributed by atoms with van der Waals surface area (Å²) in [4.78, 5) is 14.8. The van der Waals surface area contributed by atoms with E-state index >= 15 is 0 Å². The topological polar surface area (TPSA) is 63.1 Å². The third kappa shape index (κ3) is 3.18. The number of rotatable bonds is 4. The van der Waals surface area contributed by atoms with Crippen LogP contribution in [0, 0.1) is 0 Å². The number of aryl methyl sites for hydroxylation is 1. The minimum absolute atomic E-state index is 0.0176. The van der Waals surface area contributed by atoms with Crippen LogP contribution in [0.5, 0.6) is 0 Å². The molecule has 2 aliphatic rings. The summed E-state index contributed by atoms with van der Waals surface area (Å²) in [6.45, 7) is 3.86. The number of aromatic nitrogens is 3. The first-order valence-corrected chi connectivity index (χ1v) is 9.28. The molecule has 1 amide bonds. The highest BCUT2D eigenvalue weighted by atomic mass is 16.2. The first kappa shape index (κ1) is 16.3. The maximum atomic E-state index is 12.9. The van der Waals surface area contributed by atoms with Crippen LogP contribution in [0.3, 0.4) is 0 Å². The van der Waals surface area contributed by atoms with Gasteiger partial charge in [0.05, 0.1) is 12.1 Å². The van der Waals surface area contributed by atoms with Gasteiger partial charge in [-0.1, -0.05) is 18.2 Å². The molecule has 1 saturated heterocycles. The van der Waals surface area contributed by atoms with Crippen LogP contribution >= 0.6 is 0 Å². The van der Waals surface area contributed by atoms with E-state index in [9.17, 15) is 4.79 Å². The highest BCUT2D eigenvalue weighted by molar-refractivity contribution is 5.97. The van der Waals surface area contributed by atoms with E-state index in [0.717, 1.165) is 49.7 Å². The van der Waals surface area contributed by atoms with Crippen LogP contribution in [0.4, 0.5) is 5.69 Å². The summed E-state index contributed by atoms with van der Waals surface area (Å²) in [5, 5.41) is 12.2. The number of para-hydroxylation sites is 1. The molecule has 1 fully saturated rings. The lowest BCUT2D eigenvalue weighted by atomic mass is 10.0. The van der Waals surface area contributed by atoms with Gasteiger partial charge >= 0.3 is 0 Å². The Labute approximate surface area is 148 Å². The standard InChI is InChI=1S/C19H25N5O/c1-14(18-22-21-17-11-5-6-12-24(17)18)20-16-10-7-13-23(19(16)25)15-8-3-2-4-9-15/h2-4,8-9,14,16,20H,5-7,10-13H2,1H3/t14-,16+/m0/s1. The highest BCUT2D eigenvalue weighted by Crippen LogP contribution is 2.24. The van der Waals surface area contributed by atoms with Crippen molar-refractivity contribution in [3.63, 3.8) is 0 Å². The Morgan fingerprint density at radius 2 is 1.96 bits per heavy atom. The number of nitrogens with one attached hydrogen (secondary N) is 1. The summed E-state index contributed by atoms with van der Waals surface area (Å²) in [6.07, 6.45) is 5.24. The Morgan fingerprint density at radius 3 is 2.80 bits per heavy atom. The van der Waals surface area contributed by atoms with E-state index in [1.807, 2.05) is 35.2 Å². The second-order valence-electron chi connectivity index (χ2n) is 6.99. The van der Waals surface area contributed by atoms with E-state index < -0.39 is 0 Å². The van der Waals surface area contributed by atoms with Crippen molar-refractivity contribution < 1.29 is 4.79 Å². The fraction of sp³-hybridized carbons (Fsp3) is 0.526. The zero-order valence-electron chi connectivity index (χ0n) is 14.7. The molecule has 3 heterocycles. The summed E-state index contributed by atoms with van der Waals surface area (Å²) in [7, 11) is 0. The molecule has 4 rings (SSSR count). The van der Waals surface area contributed by atoms with E-state index in [1.54, 1.807) is 0 Å². The monoisotopic (exact) mass is 339 g/mol. The van der Waals surface area contributed by atoms with Gasteiger partial charge in [-0.2, -0.15) is 0 Å². The smallest absolute Gasteiger partial charge is 0.244 e. The molecule has 0 aliphatic carbocycles. The predicted octanol–water partition coefficient (Wildman–Crippen LogP) is 2.46. The summed E-state index contributed by atoms with van der Waals surface area (Å²) in [5.41, 5.74) is 0.978. The Balaban J connectivity index is 1.48. The van der Waals surface area contributed by atoms with Crippen LogP contribution in [0.1, 0.15) is 50.3 Å². The number of fused-ring (bicyclic) bond motifs is 1. The van der Waals surface area contributed by atoms with Gasteiger partial charge in [0.2, 0.25) is 5.91 Å². The molecule has 0 saturated carbocycles. The van der Waals surface area contributed by atoms with Crippen molar-refractivity contribution in [1.29, 1.82) is 0 Å². The normalized spacial score (nSPS) is 21.9. The summed E-state index contributed by atoms with van der Waals surface area (Å²) < 4.78 is 2.23. The third-order valence-corrected chi connectivity index (χ3v) is 5.23. The van der Waals surface area contributed by atoms with Crippen molar-refractivity contribution in [3.05, 3.63) is 42.0 Å². The lowest BCUT2D eigenvalue weighted by Crippen LogP contribution is -2.51. The van der Waals surface area contributed by atoms with Crippen molar-refractivity contribution in [3.8, 4) is 0 Å². The number of carbonyl (C=O) groups excluding carboxylic acids is 1. The van der Waals surface area contributed by atoms with E-state index in [4.69, 9.17) is 0 Å². The van der Waals surface area contributed by atoms with Gasteiger partial charge in [-0.05, 0) is 44.7 Å². The zero-order chi connectivity index (χ0) is 17.2. The van der Waals surface area contributed by atoms with Crippen LogP contribution in [-0.2, 0) is 17.8 Å². The van der Waals surface area contributed by atoms with Crippen LogP contribution < -0.4 is 10.2 Å². The molecule has 1 aromatic carbocycles. The molecule has 0 unspecified atom stereocenters. The SMILES string of the molecule is C[C@H](N[C@@H]1CCCN(c2ccccc2)C1=O)c1nnc2n1CCCC2. The molecule has 1 N–H and O–H groups in total. The molecule has 0 spiro atoms.